The first-order valence-corrected chi connectivity index (χ1v) is 4.90. The second kappa shape index (κ2) is 5.19. The fraction of sp³-hybridized carbons (Fsp3) is 0.444. The van der Waals surface area contributed by atoms with Crippen LogP contribution in [-0.4, -0.2) is 25.7 Å². The standard InChI is InChI=1S/C9H13BrN2O/c1-11-4-3-7-8(10)5-12-6-9(7)13-2/h5-6,11H,3-4H2,1-2H3. The number of hydrogen-bond donors (Lipinski definition) is 1. The molecule has 0 aliphatic carbocycles. The number of ether oxygens (including phenoxy) is 1. The fourth-order valence-electron chi connectivity index (χ4n) is 1.11. The highest BCUT2D eigenvalue weighted by Gasteiger charge is 2.06. The van der Waals surface area contributed by atoms with Crippen LogP contribution in [0.3, 0.4) is 0 Å². The first-order valence-electron chi connectivity index (χ1n) is 4.10. The van der Waals surface area contributed by atoms with Gasteiger partial charge in [0.05, 0.1) is 13.3 Å². The minimum absolute atomic E-state index is 0.838. The summed E-state index contributed by atoms with van der Waals surface area (Å²) >= 11 is 3.45. The smallest absolute Gasteiger partial charge is 0.141 e. The van der Waals surface area contributed by atoms with Crippen LogP contribution in [0.2, 0.25) is 0 Å². The van der Waals surface area contributed by atoms with Crippen molar-refractivity contribution < 1.29 is 4.74 Å². The molecule has 13 heavy (non-hydrogen) atoms. The molecule has 72 valence electrons. The fourth-order valence-corrected chi connectivity index (χ4v) is 1.62. The Morgan fingerprint density at radius 1 is 1.54 bits per heavy atom. The number of likely N-dealkylation sites (N-methyl/N-ethyl adjacent to an activating group) is 1. The predicted octanol–water partition coefficient (Wildman–Crippen LogP) is 1.61. The Bertz CT molecular complexity index is 278. The molecule has 1 N–H and O–H groups in total. The first kappa shape index (κ1) is 10.5. The zero-order valence-electron chi connectivity index (χ0n) is 7.80. The Morgan fingerprint density at radius 2 is 2.31 bits per heavy atom. The molecule has 0 radical (unpaired) electrons. The van der Waals surface area contributed by atoms with E-state index in [0.29, 0.717) is 0 Å². The van der Waals surface area contributed by atoms with Gasteiger partial charge in [-0.3, -0.25) is 4.98 Å². The minimum Gasteiger partial charge on any atom is -0.495 e. The van der Waals surface area contributed by atoms with Crippen LogP contribution >= 0.6 is 15.9 Å². The molecule has 0 spiro atoms. The lowest BCUT2D eigenvalue weighted by Gasteiger charge is -2.08. The van der Waals surface area contributed by atoms with Crippen LogP contribution in [0.25, 0.3) is 0 Å². The molecular formula is C9H13BrN2O. The molecule has 0 bridgehead atoms. The number of nitrogens with one attached hydrogen (secondary N) is 1. The lowest BCUT2D eigenvalue weighted by molar-refractivity contribution is 0.407. The summed E-state index contributed by atoms with van der Waals surface area (Å²) in [6.07, 6.45) is 4.45. The average Bonchev–Trinajstić information content (AvgIpc) is 2.15. The number of nitrogens with zero attached hydrogens (tertiary/aromatic N) is 1. The van der Waals surface area contributed by atoms with Gasteiger partial charge in [-0.25, -0.2) is 0 Å². The highest BCUT2D eigenvalue weighted by Crippen LogP contribution is 2.25. The molecule has 1 aromatic heterocycles. The van der Waals surface area contributed by atoms with Crippen LogP contribution < -0.4 is 10.1 Å². The molecule has 0 aromatic carbocycles. The van der Waals surface area contributed by atoms with Gasteiger partial charge in [0.1, 0.15) is 5.75 Å². The Labute approximate surface area is 86.6 Å². The molecule has 4 heteroatoms. The number of pyridine rings is 1. The van der Waals surface area contributed by atoms with E-state index >= 15 is 0 Å². The van der Waals surface area contributed by atoms with Crippen molar-refractivity contribution in [2.45, 2.75) is 6.42 Å². The summed E-state index contributed by atoms with van der Waals surface area (Å²) in [7, 11) is 3.59. The van der Waals surface area contributed by atoms with Crippen molar-refractivity contribution in [3.05, 3.63) is 22.4 Å². The van der Waals surface area contributed by atoms with E-state index in [9.17, 15) is 0 Å². The van der Waals surface area contributed by atoms with Gasteiger partial charge in [-0.05, 0) is 35.9 Å². The maximum absolute atomic E-state index is 5.20. The molecule has 0 saturated carbocycles. The highest BCUT2D eigenvalue weighted by molar-refractivity contribution is 9.10. The number of methoxy groups -OCH3 is 1. The lowest BCUT2D eigenvalue weighted by atomic mass is 10.2. The van der Waals surface area contributed by atoms with Crippen molar-refractivity contribution in [2.24, 2.45) is 0 Å². The van der Waals surface area contributed by atoms with Gasteiger partial charge < -0.3 is 10.1 Å². The van der Waals surface area contributed by atoms with Gasteiger partial charge in [0.15, 0.2) is 0 Å². The van der Waals surface area contributed by atoms with Gasteiger partial charge in [0.25, 0.3) is 0 Å². The second-order valence-corrected chi connectivity index (χ2v) is 3.51. The molecule has 0 unspecified atom stereocenters. The van der Waals surface area contributed by atoms with E-state index in [4.69, 9.17) is 4.74 Å². The van der Waals surface area contributed by atoms with E-state index in [1.165, 1.54) is 0 Å². The second-order valence-electron chi connectivity index (χ2n) is 2.66. The Morgan fingerprint density at radius 3 is 2.92 bits per heavy atom. The van der Waals surface area contributed by atoms with Crippen LogP contribution in [0.5, 0.6) is 5.75 Å². The van der Waals surface area contributed by atoms with Gasteiger partial charge in [-0.15, -0.1) is 0 Å². The van der Waals surface area contributed by atoms with E-state index in [1.807, 2.05) is 7.05 Å². The first-order chi connectivity index (χ1) is 6.29. The van der Waals surface area contributed by atoms with Gasteiger partial charge in [-0.1, -0.05) is 0 Å². The Kier molecular flexibility index (Phi) is 4.18. The van der Waals surface area contributed by atoms with Crippen LogP contribution in [-0.2, 0) is 6.42 Å². The third kappa shape index (κ3) is 2.67. The number of hydrogen-bond acceptors (Lipinski definition) is 3. The van der Waals surface area contributed by atoms with Crippen LogP contribution in [0.15, 0.2) is 16.9 Å². The molecule has 1 heterocycles. The topological polar surface area (TPSA) is 34.2 Å². The molecular weight excluding hydrogens is 232 g/mol. The number of halogens is 1. The monoisotopic (exact) mass is 244 g/mol. The van der Waals surface area contributed by atoms with Crippen LogP contribution in [0.4, 0.5) is 0 Å². The Hall–Kier alpha value is -0.610. The lowest BCUT2D eigenvalue weighted by Crippen LogP contribution is -2.11. The normalized spacial score (nSPS) is 10.1. The molecule has 0 aliphatic heterocycles. The zero-order valence-corrected chi connectivity index (χ0v) is 9.39. The van der Waals surface area contributed by atoms with Crippen LogP contribution in [0.1, 0.15) is 5.56 Å². The zero-order chi connectivity index (χ0) is 9.68. The van der Waals surface area contributed by atoms with Gasteiger partial charge in [0, 0.05) is 16.2 Å². The van der Waals surface area contributed by atoms with Gasteiger partial charge >= 0.3 is 0 Å². The van der Waals surface area contributed by atoms with Gasteiger partial charge in [-0.2, -0.15) is 0 Å². The van der Waals surface area contributed by atoms with Crippen LogP contribution in [0, 0.1) is 0 Å². The third-order valence-electron chi connectivity index (χ3n) is 1.81. The van der Waals surface area contributed by atoms with Crippen molar-refractivity contribution in [3.63, 3.8) is 0 Å². The van der Waals surface area contributed by atoms with E-state index in [-0.39, 0.29) is 0 Å². The summed E-state index contributed by atoms with van der Waals surface area (Å²) in [5, 5.41) is 3.10. The molecule has 1 aromatic rings. The van der Waals surface area contributed by atoms with Crippen molar-refractivity contribution in [2.75, 3.05) is 20.7 Å². The van der Waals surface area contributed by atoms with Crippen molar-refractivity contribution in [3.8, 4) is 5.75 Å². The summed E-state index contributed by atoms with van der Waals surface area (Å²) in [6, 6.07) is 0. The summed E-state index contributed by atoms with van der Waals surface area (Å²) in [6.45, 7) is 0.930. The number of aromatic nitrogens is 1. The van der Waals surface area contributed by atoms with E-state index in [1.54, 1.807) is 19.5 Å². The summed E-state index contributed by atoms with van der Waals surface area (Å²) in [5.41, 5.74) is 1.16. The third-order valence-corrected chi connectivity index (χ3v) is 2.49. The maximum Gasteiger partial charge on any atom is 0.141 e. The Balaban J connectivity index is 2.87. The summed E-state index contributed by atoms with van der Waals surface area (Å²) in [4.78, 5) is 4.03. The quantitative estimate of drug-likeness (QED) is 0.875. The summed E-state index contributed by atoms with van der Waals surface area (Å²) in [5.74, 6) is 0.838. The van der Waals surface area contributed by atoms with Gasteiger partial charge in [0.2, 0.25) is 0 Å². The summed E-state index contributed by atoms with van der Waals surface area (Å²) < 4.78 is 6.20. The maximum atomic E-state index is 5.20. The van der Waals surface area contributed by atoms with E-state index < -0.39 is 0 Å². The molecule has 0 atom stereocenters. The van der Waals surface area contributed by atoms with Crippen molar-refractivity contribution >= 4 is 15.9 Å². The molecule has 1 rings (SSSR count). The molecule has 0 fully saturated rings. The van der Waals surface area contributed by atoms with E-state index in [0.717, 1.165) is 28.8 Å². The molecule has 0 aliphatic rings. The molecule has 0 amide bonds. The average molecular weight is 245 g/mol. The number of rotatable bonds is 4. The SMILES string of the molecule is CNCCc1c(Br)cncc1OC. The molecule has 3 nitrogen and oxygen atoms in total. The minimum atomic E-state index is 0.838. The van der Waals surface area contributed by atoms with E-state index in [2.05, 4.69) is 26.2 Å². The van der Waals surface area contributed by atoms with Crippen molar-refractivity contribution in [1.82, 2.24) is 10.3 Å². The molecule has 0 saturated heterocycles. The highest BCUT2D eigenvalue weighted by atomic mass is 79.9. The predicted molar refractivity (Wildman–Crippen MR) is 56.1 cm³/mol. The van der Waals surface area contributed by atoms with Crippen molar-refractivity contribution in [1.29, 1.82) is 0 Å². The largest absolute Gasteiger partial charge is 0.495 e.